The van der Waals surface area contributed by atoms with Gasteiger partial charge in [0.25, 0.3) is 0 Å². The predicted octanol–water partition coefficient (Wildman–Crippen LogP) is 1.33. The lowest BCUT2D eigenvalue weighted by molar-refractivity contribution is -0.138. The molecule has 1 rings (SSSR count). The molecular formula is C16H24FNO5. The quantitative estimate of drug-likeness (QED) is 0.562. The lowest BCUT2D eigenvalue weighted by Crippen LogP contribution is -2.32. The standard InChI is InChI=1S/C16H24FNO5/c1-12-2-3-14(10-13(12)11-15(18)16(19)20)23-9-8-22-7-6-21-5-4-17/h2-3,10,15H,4-9,11,18H2,1H3,(H,19,20). The number of carbonyl (C=O) groups is 1. The van der Waals surface area contributed by atoms with Crippen molar-refractivity contribution < 1.29 is 28.5 Å². The zero-order valence-corrected chi connectivity index (χ0v) is 13.3. The van der Waals surface area contributed by atoms with Gasteiger partial charge >= 0.3 is 5.97 Å². The van der Waals surface area contributed by atoms with Crippen molar-refractivity contribution in [1.29, 1.82) is 0 Å². The zero-order valence-electron chi connectivity index (χ0n) is 13.3. The van der Waals surface area contributed by atoms with E-state index >= 15 is 0 Å². The summed E-state index contributed by atoms with van der Waals surface area (Å²) < 4.78 is 27.5. The van der Waals surface area contributed by atoms with Crippen LogP contribution in [-0.2, 0) is 20.7 Å². The molecular weight excluding hydrogens is 305 g/mol. The van der Waals surface area contributed by atoms with E-state index in [0.29, 0.717) is 32.2 Å². The Kier molecular flexibility index (Phi) is 9.20. The van der Waals surface area contributed by atoms with Gasteiger partial charge in [-0.25, -0.2) is 4.39 Å². The molecule has 0 saturated carbocycles. The molecule has 1 atom stereocenters. The first-order chi connectivity index (χ1) is 11.0. The minimum Gasteiger partial charge on any atom is -0.491 e. The molecule has 0 aromatic heterocycles. The van der Waals surface area contributed by atoms with Crippen LogP contribution in [0.4, 0.5) is 4.39 Å². The largest absolute Gasteiger partial charge is 0.491 e. The third-order valence-electron chi connectivity index (χ3n) is 3.17. The molecule has 0 heterocycles. The van der Waals surface area contributed by atoms with Gasteiger partial charge in [0.2, 0.25) is 0 Å². The minimum absolute atomic E-state index is 0.0878. The lowest BCUT2D eigenvalue weighted by Gasteiger charge is -2.12. The maximum absolute atomic E-state index is 11.8. The number of carboxylic acid groups (broad SMARTS) is 1. The van der Waals surface area contributed by atoms with E-state index in [1.54, 1.807) is 6.07 Å². The molecule has 7 heteroatoms. The van der Waals surface area contributed by atoms with E-state index in [2.05, 4.69) is 0 Å². The zero-order chi connectivity index (χ0) is 17.1. The van der Waals surface area contributed by atoms with Gasteiger partial charge in [-0.2, -0.15) is 0 Å². The molecule has 0 fully saturated rings. The Morgan fingerprint density at radius 2 is 1.87 bits per heavy atom. The molecule has 0 radical (unpaired) electrons. The van der Waals surface area contributed by atoms with Gasteiger partial charge in [0.05, 0.1) is 26.4 Å². The van der Waals surface area contributed by atoms with Crippen LogP contribution < -0.4 is 10.5 Å². The third kappa shape index (κ3) is 7.92. The van der Waals surface area contributed by atoms with Gasteiger partial charge < -0.3 is 25.1 Å². The van der Waals surface area contributed by atoms with E-state index < -0.39 is 18.7 Å². The van der Waals surface area contributed by atoms with E-state index in [0.717, 1.165) is 11.1 Å². The highest BCUT2D eigenvalue weighted by Crippen LogP contribution is 2.18. The molecule has 1 aromatic carbocycles. The summed E-state index contributed by atoms with van der Waals surface area (Å²) in [6, 6.07) is 4.54. The second-order valence-electron chi connectivity index (χ2n) is 5.00. The Balaban J connectivity index is 2.33. The number of aliphatic carboxylic acids is 1. The molecule has 130 valence electrons. The fourth-order valence-corrected chi connectivity index (χ4v) is 1.88. The first kappa shape index (κ1) is 19.3. The molecule has 0 aliphatic heterocycles. The van der Waals surface area contributed by atoms with Gasteiger partial charge in [-0.05, 0) is 36.6 Å². The molecule has 0 amide bonds. The Morgan fingerprint density at radius 1 is 1.22 bits per heavy atom. The van der Waals surface area contributed by atoms with Gasteiger partial charge in [0, 0.05) is 0 Å². The predicted molar refractivity (Wildman–Crippen MR) is 83.6 cm³/mol. The van der Waals surface area contributed by atoms with Gasteiger partial charge in [-0.1, -0.05) is 6.07 Å². The van der Waals surface area contributed by atoms with Gasteiger partial charge in [0.1, 0.15) is 25.1 Å². The summed E-state index contributed by atoms with van der Waals surface area (Å²) in [5, 5.41) is 8.88. The van der Waals surface area contributed by atoms with Crippen LogP contribution in [0.3, 0.4) is 0 Å². The van der Waals surface area contributed by atoms with E-state index in [-0.39, 0.29) is 13.0 Å². The highest BCUT2D eigenvalue weighted by Gasteiger charge is 2.14. The van der Waals surface area contributed by atoms with Gasteiger partial charge in [0.15, 0.2) is 0 Å². The summed E-state index contributed by atoms with van der Waals surface area (Å²) in [5.74, 6) is -0.389. The number of alkyl halides is 1. The van der Waals surface area contributed by atoms with Crippen molar-refractivity contribution in [2.45, 2.75) is 19.4 Å². The van der Waals surface area contributed by atoms with Crippen LogP contribution in [0.2, 0.25) is 0 Å². The number of rotatable bonds is 12. The van der Waals surface area contributed by atoms with Crippen molar-refractivity contribution >= 4 is 5.97 Å². The Morgan fingerprint density at radius 3 is 2.52 bits per heavy atom. The second kappa shape index (κ2) is 10.9. The summed E-state index contributed by atoms with van der Waals surface area (Å²) in [6.07, 6.45) is 0.251. The maximum Gasteiger partial charge on any atom is 0.320 e. The fourth-order valence-electron chi connectivity index (χ4n) is 1.88. The molecule has 6 nitrogen and oxygen atoms in total. The normalized spacial score (nSPS) is 12.1. The van der Waals surface area contributed by atoms with Gasteiger partial charge in [-0.15, -0.1) is 0 Å². The monoisotopic (exact) mass is 329 g/mol. The van der Waals surface area contributed by atoms with Crippen molar-refractivity contribution in [2.24, 2.45) is 5.73 Å². The highest BCUT2D eigenvalue weighted by atomic mass is 19.1. The van der Waals surface area contributed by atoms with E-state index in [1.807, 2.05) is 19.1 Å². The third-order valence-corrected chi connectivity index (χ3v) is 3.17. The van der Waals surface area contributed by atoms with E-state index in [4.69, 9.17) is 25.1 Å². The Bertz CT molecular complexity index is 484. The summed E-state index contributed by atoms with van der Waals surface area (Å²) in [5.41, 5.74) is 7.37. The van der Waals surface area contributed by atoms with Crippen LogP contribution in [0.25, 0.3) is 0 Å². The van der Waals surface area contributed by atoms with Crippen molar-refractivity contribution in [2.75, 3.05) is 39.7 Å². The molecule has 0 aliphatic rings. The summed E-state index contributed by atoms with van der Waals surface area (Å²) >= 11 is 0. The summed E-state index contributed by atoms with van der Waals surface area (Å²) in [6.45, 7) is 2.97. The smallest absolute Gasteiger partial charge is 0.320 e. The lowest BCUT2D eigenvalue weighted by atomic mass is 10.0. The average molecular weight is 329 g/mol. The van der Waals surface area contributed by atoms with Crippen LogP contribution in [0.5, 0.6) is 5.75 Å². The van der Waals surface area contributed by atoms with Crippen LogP contribution >= 0.6 is 0 Å². The topological polar surface area (TPSA) is 91.0 Å². The van der Waals surface area contributed by atoms with E-state index in [1.165, 1.54) is 0 Å². The fraction of sp³-hybridized carbons (Fsp3) is 0.562. The van der Waals surface area contributed by atoms with Crippen molar-refractivity contribution in [3.8, 4) is 5.75 Å². The van der Waals surface area contributed by atoms with Crippen molar-refractivity contribution in [1.82, 2.24) is 0 Å². The number of hydrogen-bond acceptors (Lipinski definition) is 5. The number of aryl methyl sites for hydroxylation is 1. The summed E-state index contributed by atoms with van der Waals surface area (Å²) in [7, 11) is 0. The summed E-state index contributed by atoms with van der Waals surface area (Å²) in [4.78, 5) is 10.8. The molecule has 3 N–H and O–H groups in total. The number of carboxylic acids is 1. The Hall–Kier alpha value is -1.70. The second-order valence-corrected chi connectivity index (χ2v) is 5.00. The number of benzene rings is 1. The van der Waals surface area contributed by atoms with Crippen LogP contribution in [-0.4, -0.2) is 56.8 Å². The van der Waals surface area contributed by atoms with Crippen LogP contribution in [0, 0.1) is 6.92 Å². The molecule has 1 aromatic rings. The number of halogens is 1. The molecule has 0 spiro atoms. The van der Waals surface area contributed by atoms with Crippen LogP contribution in [0.1, 0.15) is 11.1 Å². The van der Waals surface area contributed by atoms with E-state index in [9.17, 15) is 9.18 Å². The number of nitrogens with two attached hydrogens (primary N) is 1. The molecule has 23 heavy (non-hydrogen) atoms. The number of hydrogen-bond donors (Lipinski definition) is 2. The van der Waals surface area contributed by atoms with Gasteiger partial charge in [-0.3, -0.25) is 4.79 Å². The molecule has 0 bridgehead atoms. The van der Waals surface area contributed by atoms with Crippen LogP contribution in [0.15, 0.2) is 18.2 Å². The molecule has 0 saturated heterocycles. The minimum atomic E-state index is -1.03. The average Bonchev–Trinajstić information content (AvgIpc) is 2.52. The SMILES string of the molecule is Cc1ccc(OCCOCCOCCF)cc1CC(N)C(=O)O. The van der Waals surface area contributed by atoms with Crippen molar-refractivity contribution in [3.63, 3.8) is 0 Å². The molecule has 0 aliphatic carbocycles. The maximum atomic E-state index is 11.8. The molecule has 1 unspecified atom stereocenters. The first-order valence-electron chi connectivity index (χ1n) is 7.46. The highest BCUT2D eigenvalue weighted by molar-refractivity contribution is 5.73. The first-order valence-corrected chi connectivity index (χ1v) is 7.46. The Labute approximate surface area is 135 Å². The van der Waals surface area contributed by atoms with Crippen molar-refractivity contribution in [3.05, 3.63) is 29.3 Å². The number of ether oxygens (including phenoxy) is 3.